The minimum absolute atomic E-state index is 0.767. The molecule has 1 aromatic carbocycles. The van der Waals surface area contributed by atoms with Crippen molar-refractivity contribution in [3.05, 3.63) is 33.8 Å². The van der Waals surface area contributed by atoms with Gasteiger partial charge in [0.25, 0.3) is 0 Å². The molecule has 21 heavy (non-hydrogen) atoms. The Bertz CT molecular complexity index is 476. The van der Waals surface area contributed by atoms with Gasteiger partial charge in [0.05, 0.1) is 0 Å². The highest BCUT2D eigenvalue weighted by Crippen LogP contribution is 2.31. The second-order valence-corrected chi connectivity index (χ2v) is 7.67. The summed E-state index contributed by atoms with van der Waals surface area (Å²) >= 11 is 3.67. The maximum Gasteiger partial charge on any atom is 0.0237 e. The predicted molar refractivity (Wildman–Crippen MR) is 92.5 cm³/mol. The van der Waals surface area contributed by atoms with Crippen molar-refractivity contribution in [2.75, 3.05) is 6.54 Å². The van der Waals surface area contributed by atoms with E-state index in [9.17, 15) is 0 Å². The third-order valence-electron chi connectivity index (χ3n) is 5.10. The number of rotatable bonds is 5. The number of benzene rings is 1. The highest BCUT2D eigenvalue weighted by molar-refractivity contribution is 9.10. The fourth-order valence-corrected chi connectivity index (χ4v) is 4.40. The Morgan fingerprint density at radius 2 is 1.95 bits per heavy atom. The molecule has 0 spiro atoms. The fourth-order valence-electron chi connectivity index (χ4n) is 3.97. The number of piperidine rings is 1. The summed E-state index contributed by atoms with van der Waals surface area (Å²) in [5.41, 5.74) is 2.76. The van der Waals surface area contributed by atoms with Gasteiger partial charge in [0.15, 0.2) is 0 Å². The van der Waals surface area contributed by atoms with Gasteiger partial charge in [-0.3, -0.25) is 4.90 Å². The molecule has 116 valence electrons. The van der Waals surface area contributed by atoms with E-state index < -0.39 is 0 Å². The van der Waals surface area contributed by atoms with Crippen LogP contribution in [-0.2, 0) is 6.54 Å². The van der Waals surface area contributed by atoms with E-state index in [-0.39, 0.29) is 0 Å². The summed E-state index contributed by atoms with van der Waals surface area (Å²) in [4.78, 5) is 2.73. The highest BCUT2D eigenvalue weighted by atomic mass is 79.9. The molecule has 2 atom stereocenters. The zero-order chi connectivity index (χ0) is 14.8. The quantitative estimate of drug-likeness (QED) is 0.853. The summed E-state index contributed by atoms with van der Waals surface area (Å²) in [5.74, 6) is 0. The van der Waals surface area contributed by atoms with Gasteiger partial charge >= 0.3 is 0 Å². The fraction of sp³-hybridized carbons (Fsp3) is 0.667. The van der Waals surface area contributed by atoms with Crippen LogP contribution in [0.25, 0.3) is 0 Å². The molecule has 0 aromatic heterocycles. The lowest BCUT2D eigenvalue weighted by Crippen LogP contribution is -2.48. The maximum absolute atomic E-state index is 3.76. The van der Waals surface area contributed by atoms with Gasteiger partial charge in [0, 0.05) is 29.1 Å². The molecule has 1 N–H and O–H groups in total. The Hall–Kier alpha value is -0.380. The topological polar surface area (TPSA) is 15.3 Å². The van der Waals surface area contributed by atoms with E-state index in [2.05, 4.69) is 58.2 Å². The molecular weight excluding hydrogens is 324 g/mol. The summed E-state index contributed by atoms with van der Waals surface area (Å²) in [6, 6.07) is 9.14. The van der Waals surface area contributed by atoms with Crippen LogP contribution in [0.2, 0.25) is 0 Å². The first-order chi connectivity index (χ1) is 10.2. The first kappa shape index (κ1) is 15.5. The van der Waals surface area contributed by atoms with Crippen LogP contribution in [0.3, 0.4) is 0 Å². The van der Waals surface area contributed by atoms with E-state index in [1.165, 1.54) is 54.2 Å². The zero-order valence-corrected chi connectivity index (χ0v) is 14.8. The van der Waals surface area contributed by atoms with E-state index in [0.29, 0.717) is 0 Å². The summed E-state index contributed by atoms with van der Waals surface area (Å²) in [5, 5.41) is 3.76. The normalized spacial score (nSPS) is 28.3. The number of aryl methyl sites for hydroxylation is 1. The zero-order valence-electron chi connectivity index (χ0n) is 13.2. The van der Waals surface area contributed by atoms with Crippen molar-refractivity contribution in [3.8, 4) is 0 Å². The minimum atomic E-state index is 0.767. The van der Waals surface area contributed by atoms with Crippen molar-refractivity contribution in [2.45, 2.75) is 70.6 Å². The van der Waals surface area contributed by atoms with Crippen molar-refractivity contribution in [1.82, 2.24) is 10.2 Å². The molecule has 2 aliphatic heterocycles. The summed E-state index contributed by atoms with van der Waals surface area (Å²) in [7, 11) is 0. The Morgan fingerprint density at radius 1 is 1.24 bits per heavy atom. The van der Waals surface area contributed by atoms with Crippen LogP contribution in [-0.4, -0.2) is 29.6 Å². The molecule has 0 amide bonds. The highest BCUT2D eigenvalue weighted by Gasteiger charge is 2.35. The van der Waals surface area contributed by atoms with Crippen molar-refractivity contribution in [2.24, 2.45) is 0 Å². The molecule has 1 aromatic rings. The number of nitrogens with one attached hydrogen (secondary N) is 1. The number of nitrogens with zero attached hydrogens (tertiary/aromatic N) is 1. The standard InChI is InChI=1S/C18H27BrN2/c1-3-8-21(12-14-5-4-13(2)18(19)9-14)17-10-15-6-7-16(11-17)20-15/h4-5,9,15-17,20H,3,6-8,10-12H2,1-2H3. The predicted octanol–water partition coefficient (Wildman–Crippen LogP) is 4.25. The molecule has 2 fully saturated rings. The number of fused-ring (bicyclic) bond motifs is 2. The second-order valence-electron chi connectivity index (χ2n) is 6.82. The molecule has 2 aliphatic rings. The lowest BCUT2D eigenvalue weighted by Gasteiger charge is -2.38. The molecule has 2 heterocycles. The third-order valence-corrected chi connectivity index (χ3v) is 5.95. The molecule has 2 saturated heterocycles. The first-order valence-electron chi connectivity index (χ1n) is 8.41. The van der Waals surface area contributed by atoms with Crippen LogP contribution in [0.1, 0.15) is 50.2 Å². The van der Waals surface area contributed by atoms with Crippen LogP contribution in [0.5, 0.6) is 0 Å². The van der Waals surface area contributed by atoms with Gasteiger partial charge in [0.2, 0.25) is 0 Å². The van der Waals surface area contributed by atoms with Gasteiger partial charge in [-0.1, -0.05) is 35.0 Å². The number of hydrogen-bond acceptors (Lipinski definition) is 2. The number of halogens is 1. The first-order valence-corrected chi connectivity index (χ1v) is 9.20. The Balaban J connectivity index is 1.70. The van der Waals surface area contributed by atoms with Crippen LogP contribution in [0.15, 0.2) is 22.7 Å². The molecule has 3 heteroatoms. The summed E-state index contributed by atoms with van der Waals surface area (Å²) < 4.78 is 1.24. The average Bonchev–Trinajstić information content (AvgIpc) is 2.81. The Kier molecular flexibility index (Phi) is 5.03. The number of hydrogen-bond donors (Lipinski definition) is 1. The molecule has 2 unspecified atom stereocenters. The van der Waals surface area contributed by atoms with Gasteiger partial charge in [-0.15, -0.1) is 0 Å². The van der Waals surface area contributed by atoms with Crippen LogP contribution >= 0.6 is 15.9 Å². The third kappa shape index (κ3) is 3.69. The van der Waals surface area contributed by atoms with Crippen molar-refractivity contribution < 1.29 is 0 Å². The lowest BCUT2D eigenvalue weighted by molar-refractivity contribution is 0.134. The van der Waals surface area contributed by atoms with Crippen LogP contribution < -0.4 is 5.32 Å². The largest absolute Gasteiger partial charge is 0.311 e. The lowest BCUT2D eigenvalue weighted by atomic mass is 9.97. The van der Waals surface area contributed by atoms with Crippen LogP contribution in [0.4, 0.5) is 0 Å². The van der Waals surface area contributed by atoms with Crippen molar-refractivity contribution in [3.63, 3.8) is 0 Å². The van der Waals surface area contributed by atoms with Gasteiger partial charge in [0.1, 0.15) is 0 Å². The van der Waals surface area contributed by atoms with E-state index >= 15 is 0 Å². The average molecular weight is 351 g/mol. The molecule has 3 rings (SSSR count). The van der Waals surface area contributed by atoms with Gasteiger partial charge in [-0.25, -0.2) is 0 Å². The molecule has 0 aliphatic carbocycles. The van der Waals surface area contributed by atoms with Crippen molar-refractivity contribution in [1.29, 1.82) is 0 Å². The SMILES string of the molecule is CCCN(Cc1ccc(C)c(Br)c1)C1CC2CCC(C1)N2. The molecule has 0 saturated carbocycles. The van der Waals surface area contributed by atoms with Gasteiger partial charge in [-0.2, -0.15) is 0 Å². The van der Waals surface area contributed by atoms with E-state index in [0.717, 1.165) is 24.7 Å². The minimum Gasteiger partial charge on any atom is -0.311 e. The van der Waals surface area contributed by atoms with E-state index in [1.807, 2.05) is 0 Å². The van der Waals surface area contributed by atoms with E-state index in [1.54, 1.807) is 0 Å². The monoisotopic (exact) mass is 350 g/mol. The summed E-state index contributed by atoms with van der Waals surface area (Å²) in [6.07, 6.45) is 6.69. The van der Waals surface area contributed by atoms with Gasteiger partial charge in [-0.05, 0) is 62.8 Å². The van der Waals surface area contributed by atoms with Gasteiger partial charge < -0.3 is 5.32 Å². The molecular formula is C18H27BrN2. The maximum atomic E-state index is 3.76. The molecule has 2 nitrogen and oxygen atoms in total. The summed E-state index contributed by atoms with van der Waals surface area (Å²) in [6.45, 7) is 6.77. The smallest absolute Gasteiger partial charge is 0.0237 e. The van der Waals surface area contributed by atoms with E-state index in [4.69, 9.17) is 0 Å². The second kappa shape index (κ2) is 6.80. The molecule has 2 bridgehead atoms. The Morgan fingerprint density at radius 3 is 2.57 bits per heavy atom. The molecule has 0 radical (unpaired) electrons. The van der Waals surface area contributed by atoms with Crippen LogP contribution in [0, 0.1) is 6.92 Å². The van der Waals surface area contributed by atoms with Crippen molar-refractivity contribution >= 4 is 15.9 Å². The Labute approximate surface area is 137 Å².